The Morgan fingerprint density at radius 2 is 2.00 bits per heavy atom. The third-order valence-corrected chi connectivity index (χ3v) is 3.82. The molecule has 18 heavy (non-hydrogen) atoms. The molecule has 0 radical (unpaired) electrons. The minimum atomic E-state index is -0.170. The topological polar surface area (TPSA) is 50.4 Å². The molecule has 2 atom stereocenters. The lowest BCUT2D eigenvalue weighted by Gasteiger charge is -2.08. The van der Waals surface area contributed by atoms with Crippen molar-refractivity contribution in [2.24, 2.45) is 11.8 Å². The largest absolute Gasteiger partial charge is 0.460 e. The molecule has 2 aliphatic rings. The maximum atomic E-state index is 11.6. The molecule has 2 N–H and O–H groups in total. The van der Waals surface area contributed by atoms with Gasteiger partial charge in [0.15, 0.2) is 0 Å². The average Bonchev–Trinajstić information content (AvgIpc) is 2.84. The van der Waals surface area contributed by atoms with Gasteiger partial charge < -0.3 is 15.4 Å². The number of nitrogens with one attached hydrogen (secondary N) is 2. The SMILES string of the molecule is O=C(CNC1C2CNCC21)OCc1ccccc1. The molecule has 0 aromatic heterocycles. The number of benzene rings is 1. The number of rotatable bonds is 5. The van der Waals surface area contributed by atoms with Crippen molar-refractivity contribution >= 4 is 5.97 Å². The van der Waals surface area contributed by atoms with Crippen molar-refractivity contribution in [2.75, 3.05) is 19.6 Å². The van der Waals surface area contributed by atoms with Gasteiger partial charge in [-0.05, 0) is 30.5 Å². The number of piperidine rings is 1. The number of carbonyl (C=O) groups is 1. The first-order chi connectivity index (χ1) is 8.84. The Kier molecular flexibility index (Phi) is 3.30. The Balaban J connectivity index is 1.35. The van der Waals surface area contributed by atoms with E-state index in [9.17, 15) is 4.79 Å². The van der Waals surface area contributed by atoms with E-state index in [4.69, 9.17) is 4.74 Å². The van der Waals surface area contributed by atoms with Gasteiger partial charge in [0, 0.05) is 6.04 Å². The van der Waals surface area contributed by atoms with Crippen LogP contribution in [0.25, 0.3) is 0 Å². The molecule has 96 valence electrons. The minimum absolute atomic E-state index is 0.170. The second-order valence-electron chi connectivity index (χ2n) is 5.04. The van der Waals surface area contributed by atoms with Crippen LogP contribution < -0.4 is 10.6 Å². The van der Waals surface area contributed by atoms with Gasteiger partial charge in [0.1, 0.15) is 6.61 Å². The Bertz CT molecular complexity index is 411. The fraction of sp³-hybridized carbons (Fsp3) is 0.500. The molecule has 1 aliphatic carbocycles. The number of ether oxygens (including phenoxy) is 1. The first kappa shape index (κ1) is 11.7. The summed E-state index contributed by atoms with van der Waals surface area (Å²) >= 11 is 0. The molecule has 1 heterocycles. The standard InChI is InChI=1S/C14H18N2O2/c17-13(18-9-10-4-2-1-3-5-10)8-16-14-11-6-15-7-12(11)14/h1-5,11-12,14-16H,6-9H2. The maximum Gasteiger partial charge on any atom is 0.320 e. The lowest BCUT2D eigenvalue weighted by Crippen LogP contribution is -2.32. The van der Waals surface area contributed by atoms with E-state index in [-0.39, 0.29) is 5.97 Å². The van der Waals surface area contributed by atoms with E-state index in [2.05, 4.69) is 10.6 Å². The van der Waals surface area contributed by atoms with Crippen LogP contribution in [0.3, 0.4) is 0 Å². The fourth-order valence-electron chi connectivity index (χ4n) is 2.71. The van der Waals surface area contributed by atoms with Crippen LogP contribution in [0.4, 0.5) is 0 Å². The van der Waals surface area contributed by atoms with Crippen LogP contribution in [-0.2, 0) is 16.1 Å². The highest BCUT2D eigenvalue weighted by Gasteiger charge is 2.52. The Labute approximate surface area is 107 Å². The van der Waals surface area contributed by atoms with E-state index in [1.54, 1.807) is 0 Å². The molecule has 2 unspecified atom stereocenters. The molecule has 4 nitrogen and oxygen atoms in total. The Hall–Kier alpha value is -1.39. The van der Waals surface area contributed by atoms with Crippen molar-refractivity contribution in [3.8, 4) is 0 Å². The van der Waals surface area contributed by atoms with Crippen LogP contribution in [0, 0.1) is 11.8 Å². The van der Waals surface area contributed by atoms with E-state index in [0.29, 0.717) is 19.2 Å². The Morgan fingerprint density at radius 1 is 1.28 bits per heavy atom. The van der Waals surface area contributed by atoms with Crippen LogP contribution in [-0.4, -0.2) is 31.6 Å². The van der Waals surface area contributed by atoms with E-state index >= 15 is 0 Å². The third kappa shape index (κ3) is 2.54. The smallest absolute Gasteiger partial charge is 0.320 e. The molecular formula is C14H18N2O2. The first-order valence-electron chi connectivity index (χ1n) is 6.48. The molecule has 1 saturated carbocycles. The highest BCUT2D eigenvalue weighted by molar-refractivity contribution is 5.71. The number of hydrogen-bond acceptors (Lipinski definition) is 4. The van der Waals surface area contributed by atoms with Crippen molar-refractivity contribution in [1.29, 1.82) is 0 Å². The predicted octanol–water partition coefficient (Wildman–Crippen LogP) is 0.537. The quantitative estimate of drug-likeness (QED) is 0.744. The van der Waals surface area contributed by atoms with Crippen LogP contribution in [0.2, 0.25) is 0 Å². The number of hydrogen-bond donors (Lipinski definition) is 2. The summed E-state index contributed by atoms with van der Waals surface area (Å²) in [4.78, 5) is 11.6. The molecule has 0 amide bonds. The van der Waals surface area contributed by atoms with Crippen molar-refractivity contribution in [1.82, 2.24) is 10.6 Å². The van der Waals surface area contributed by atoms with Gasteiger partial charge in [-0.3, -0.25) is 4.79 Å². The predicted molar refractivity (Wildman–Crippen MR) is 67.9 cm³/mol. The first-order valence-corrected chi connectivity index (χ1v) is 6.48. The summed E-state index contributed by atoms with van der Waals surface area (Å²) in [5, 5.41) is 6.61. The van der Waals surface area contributed by atoms with Crippen molar-refractivity contribution in [3.63, 3.8) is 0 Å². The summed E-state index contributed by atoms with van der Waals surface area (Å²) in [6.07, 6.45) is 0. The zero-order valence-electron chi connectivity index (χ0n) is 10.3. The van der Waals surface area contributed by atoms with E-state index in [0.717, 1.165) is 30.5 Å². The van der Waals surface area contributed by atoms with Gasteiger partial charge in [-0.25, -0.2) is 0 Å². The maximum absolute atomic E-state index is 11.6. The zero-order valence-corrected chi connectivity index (χ0v) is 10.3. The molecule has 1 aromatic rings. The average molecular weight is 246 g/mol. The summed E-state index contributed by atoms with van der Waals surface area (Å²) in [6.45, 7) is 2.85. The van der Waals surface area contributed by atoms with Crippen LogP contribution in [0.1, 0.15) is 5.56 Å². The van der Waals surface area contributed by atoms with E-state index in [1.165, 1.54) is 0 Å². The minimum Gasteiger partial charge on any atom is -0.460 e. The monoisotopic (exact) mass is 246 g/mol. The summed E-state index contributed by atoms with van der Waals surface area (Å²) in [7, 11) is 0. The van der Waals surface area contributed by atoms with Gasteiger partial charge in [0.2, 0.25) is 0 Å². The van der Waals surface area contributed by atoms with Crippen molar-refractivity contribution in [3.05, 3.63) is 35.9 Å². The lowest BCUT2D eigenvalue weighted by molar-refractivity contribution is -0.143. The van der Waals surface area contributed by atoms with Gasteiger partial charge in [-0.2, -0.15) is 0 Å². The third-order valence-electron chi connectivity index (χ3n) is 3.82. The van der Waals surface area contributed by atoms with Crippen molar-refractivity contribution < 1.29 is 9.53 Å². The van der Waals surface area contributed by atoms with Gasteiger partial charge in [0.25, 0.3) is 0 Å². The number of esters is 1. The zero-order chi connectivity index (χ0) is 12.4. The highest BCUT2D eigenvalue weighted by Crippen LogP contribution is 2.41. The second-order valence-corrected chi connectivity index (χ2v) is 5.04. The van der Waals surface area contributed by atoms with Gasteiger partial charge >= 0.3 is 5.97 Å². The summed E-state index contributed by atoms with van der Waals surface area (Å²) in [5.74, 6) is 1.29. The summed E-state index contributed by atoms with van der Waals surface area (Å²) in [6, 6.07) is 10.3. The summed E-state index contributed by atoms with van der Waals surface area (Å²) < 4.78 is 5.21. The van der Waals surface area contributed by atoms with Gasteiger partial charge in [-0.15, -0.1) is 0 Å². The second kappa shape index (κ2) is 5.08. The molecular weight excluding hydrogens is 228 g/mol. The number of fused-ring (bicyclic) bond motifs is 1. The van der Waals surface area contributed by atoms with Crippen LogP contribution in [0.5, 0.6) is 0 Å². The molecule has 3 rings (SSSR count). The molecule has 0 spiro atoms. The normalized spacial score (nSPS) is 28.8. The molecule has 1 aromatic carbocycles. The van der Waals surface area contributed by atoms with E-state index < -0.39 is 0 Å². The fourth-order valence-corrected chi connectivity index (χ4v) is 2.71. The molecule has 0 bridgehead atoms. The Morgan fingerprint density at radius 3 is 2.72 bits per heavy atom. The molecule has 2 fully saturated rings. The summed E-state index contributed by atoms with van der Waals surface area (Å²) in [5.41, 5.74) is 1.03. The number of carbonyl (C=O) groups excluding carboxylic acids is 1. The van der Waals surface area contributed by atoms with Crippen LogP contribution >= 0.6 is 0 Å². The van der Waals surface area contributed by atoms with Gasteiger partial charge in [-0.1, -0.05) is 30.3 Å². The molecule has 1 aliphatic heterocycles. The van der Waals surface area contributed by atoms with Crippen LogP contribution in [0.15, 0.2) is 30.3 Å². The molecule has 4 heteroatoms. The molecule has 1 saturated heterocycles. The van der Waals surface area contributed by atoms with E-state index in [1.807, 2.05) is 30.3 Å². The van der Waals surface area contributed by atoms with Gasteiger partial charge in [0.05, 0.1) is 6.54 Å². The van der Waals surface area contributed by atoms with Crippen molar-refractivity contribution in [2.45, 2.75) is 12.6 Å². The lowest BCUT2D eigenvalue weighted by atomic mass is 10.2. The highest BCUT2D eigenvalue weighted by atomic mass is 16.5.